The average Bonchev–Trinajstić information content (AvgIpc) is 2.73. The number of rotatable bonds is 4. The first kappa shape index (κ1) is 11.5. The summed E-state index contributed by atoms with van der Waals surface area (Å²) in [6.07, 6.45) is 1.66. The summed E-state index contributed by atoms with van der Waals surface area (Å²) >= 11 is 4.93. The number of aryl methyl sites for hydroxylation is 1. The molecule has 0 saturated carbocycles. The standard InChI is InChI=1S/C10H11N5OS/c1-6-14-8(16-15-6)5-13-10-7(9(11)17)3-2-4-12-10/h2-4H,5H2,1H3,(H2,11,17)(H,12,13). The van der Waals surface area contributed by atoms with Crippen molar-refractivity contribution in [1.29, 1.82) is 0 Å². The van der Waals surface area contributed by atoms with Crippen molar-refractivity contribution in [3.8, 4) is 0 Å². The Morgan fingerprint density at radius 2 is 2.41 bits per heavy atom. The molecule has 0 aliphatic carbocycles. The van der Waals surface area contributed by atoms with Gasteiger partial charge in [-0.1, -0.05) is 17.4 Å². The van der Waals surface area contributed by atoms with Crippen LogP contribution in [0, 0.1) is 6.92 Å². The largest absolute Gasteiger partial charge is 0.389 e. The molecule has 0 saturated heterocycles. The van der Waals surface area contributed by atoms with Crippen LogP contribution in [0.3, 0.4) is 0 Å². The van der Waals surface area contributed by atoms with Crippen molar-refractivity contribution in [2.75, 3.05) is 5.32 Å². The molecule has 7 heteroatoms. The first-order valence-corrected chi connectivity index (χ1v) is 5.35. The molecule has 0 atom stereocenters. The molecule has 2 aromatic heterocycles. The van der Waals surface area contributed by atoms with Gasteiger partial charge in [-0.3, -0.25) is 0 Å². The molecule has 0 aliphatic rings. The number of aromatic nitrogens is 3. The Kier molecular flexibility index (Phi) is 3.29. The van der Waals surface area contributed by atoms with Gasteiger partial charge in [0.15, 0.2) is 5.82 Å². The molecule has 0 radical (unpaired) electrons. The zero-order chi connectivity index (χ0) is 12.3. The number of thiocarbonyl (C=S) groups is 1. The number of nitrogens with one attached hydrogen (secondary N) is 1. The summed E-state index contributed by atoms with van der Waals surface area (Å²) in [7, 11) is 0. The van der Waals surface area contributed by atoms with Gasteiger partial charge in [-0.05, 0) is 19.1 Å². The average molecular weight is 249 g/mol. The monoisotopic (exact) mass is 249 g/mol. The van der Waals surface area contributed by atoms with Crippen LogP contribution in [0.15, 0.2) is 22.9 Å². The van der Waals surface area contributed by atoms with Gasteiger partial charge < -0.3 is 15.6 Å². The Bertz CT molecular complexity index is 539. The van der Waals surface area contributed by atoms with Crippen molar-refractivity contribution in [3.63, 3.8) is 0 Å². The molecule has 2 rings (SSSR count). The molecule has 0 unspecified atom stereocenters. The number of nitrogens with two attached hydrogens (primary N) is 1. The highest BCUT2D eigenvalue weighted by atomic mass is 32.1. The lowest BCUT2D eigenvalue weighted by molar-refractivity contribution is 0.379. The summed E-state index contributed by atoms with van der Waals surface area (Å²) in [5.74, 6) is 1.69. The predicted octanol–water partition coefficient (Wildman–Crippen LogP) is 1.02. The van der Waals surface area contributed by atoms with Gasteiger partial charge in [-0.2, -0.15) is 4.98 Å². The quantitative estimate of drug-likeness (QED) is 0.782. The molecule has 0 amide bonds. The van der Waals surface area contributed by atoms with Gasteiger partial charge in [0, 0.05) is 6.20 Å². The Hall–Kier alpha value is -2.02. The normalized spacial score (nSPS) is 10.2. The van der Waals surface area contributed by atoms with E-state index >= 15 is 0 Å². The van der Waals surface area contributed by atoms with Crippen molar-refractivity contribution >= 4 is 23.0 Å². The highest BCUT2D eigenvalue weighted by molar-refractivity contribution is 7.80. The number of anilines is 1. The molecule has 17 heavy (non-hydrogen) atoms. The van der Waals surface area contributed by atoms with E-state index in [1.807, 2.05) is 0 Å². The fourth-order valence-electron chi connectivity index (χ4n) is 1.32. The second-order valence-corrected chi connectivity index (χ2v) is 3.79. The number of hydrogen-bond donors (Lipinski definition) is 2. The lowest BCUT2D eigenvalue weighted by atomic mass is 10.2. The van der Waals surface area contributed by atoms with Crippen LogP contribution in [0.2, 0.25) is 0 Å². The minimum Gasteiger partial charge on any atom is -0.389 e. The van der Waals surface area contributed by atoms with E-state index in [4.69, 9.17) is 22.5 Å². The molecule has 0 bridgehead atoms. The number of pyridine rings is 1. The molecule has 0 spiro atoms. The van der Waals surface area contributed by atoms with Crippen molar-refractivity contribution in [2.45, 2.75) is 13.5 Å². The van der Waals surface area contributed by atoms with Crippen LogP contribution in [0.5, 0.6) is 0 Å². The third-order valence-corrected chi connectivity index (χ3v) is 2.27. The summed E-state index contributed by atoms with van der Waals surface area (Å²) in [6, 6.07) is 3.58. The van der Waals surface area contributed by atoms with Gasteiger partial charge in [0.05, 0.1) is 12.1 Å². The van der Waals surface area contributed by atoms with Crippen LogP contribution in [-0.4, -0.2) is 20.1 Å². The fourth-order valence-corrected chi connectivity index (χ4v) is 1.48. The Morgan fingerprint density at radius 1 is 1.59 bits per heavy atom. The summed E-state index contributed by atoms with van der Waals surface area (Å²) in [6.45, 7) is 2.14. The van der Waals surface area contributed by atoms with Crippen LogP contribution < -0.4 is 11.1 Å². The van der Waals surface area contributed by atoms with Crippen LogP contribution >= 0.6 is 12.2 Å². The minimum atomic E-state index is 0.294. The third kappa shape index (κ3) is 2.76. The molecule has 0 aromatic carbocycles. The SMILES string of the molecule is Cc1noc(CNc2ncccc2C(N)=S)n1. The summed E-state index contributed by atoms with van der Waals surface area (Å²) in [5.41, 5.74) is 6.28. The Balaban J connectivity index is 2.11. The second kappa shape index (κ2) is 4.88. The zero-order valence-electron chi connectivity index (χ0n) is 9.17. The highest BCUT2D eigenvalue weighted by Gasteiger charge is 2.07. The van der Waals surface area contributed by atoms with Gasteiger partial charge in [0.25, 0.3) is 0 Å². The first-order chi connectivity index (χ1) is 8.16. The van der Waals surface area contributed by atoms with Crippen LogP contribution in [0.1, 0.15) is 17.3 Å². The van der Waals surface area contributed by atoms with Gasteiger partial charge in [-0.15, -0.1) is 0 Å². The van der Waals surface area contributed by atoms with Gasteiger partial charge in [0.1, 0.15) is 10.8 Å². The molecule has 2 aromatic rings. The fraction of sp³-hybridized carbons (Fsp3) is 0.200. The van der Waals surface area contributed by atoms with E-state index in [9.17, 15) is 0 Å². The Labute approximate surface area is 103 Å². The lowest BCUT2D eigenvalue weighted by Gasteiger charge is -2.07. The van der Waals surface area contributed by atoms with Crippen LogP contribution in [0.4, 0.5) is 5.82 Å². The maximum Gasteiger partial charge on any atom is 0.245 e. The molecular formula is C10H11N5OS. The molecule has 88 valence electrons. The highest BCUT2D eigenvalue weighted by Crippen LogP contribution is 2.12. The molecular weight excluding hydrogens is 238 g/mol. The minimum absolute atomic E-state index is 0.294. The van der Waals surface area contributed by atoms with Gasteiger partial charge in [-0.25, -0.2) is 4.98 Å². The predicted molar refractivity (Wildman–Crippen MR) is 66.5 cm³/mol. The maximum atomic E-state index is 5.59. The van der Waals surface area contributed by atoms with E-state index in [1.165, 1.54) is 0 Å². The molecule has 3 N–H and O–H groups in total. The van der Waals surface area contributed by atoms with Crippen molar-refractivity contribution in [2.24, 2.45) is 5.73 Å². The topological polar surface area (TPSA) is 89.9 Å². The van der Waals surface area contributed by atoms with Gasteiger partial charge >= 0.3 is 0 Å². The molecule has 6 nitrogen and oxygen atoms in total. The van der Waals surface area contributed by atoms with Crippen molar-refractivity contribution < 1.29 is 4.52 Å². The van der Waals surface area contributed by atoms with Crippen LogP contribution in [0.25, 0.3) is 0 Å². The molecule has 0 aliphatic heterocycles. The maximum absolute atomic E-state index is 5.59. The van der Waals surface area contributed by atoms with Crippen molar-refractivity contribution in [3.05, 3.63) is 35.6 Å². The summed E-state index contributed by atoms with van der Waals surface area (Å²) < 4.78 is 4.97. The lowest BCUT2D eigenvalue weighted by Crippen LogP contribution is -2.14. The molecule has 0 fully saturated rings. The van der Waals surface area contributed by atoms with E-state index in [1.54, 1.807) is 25.3 Å². The van der Waals surface area contributed by atoms with E-state index in [0.29, 0.717) is 34.6 Å². The smallest absolute Gasteiger partial charge is 0.245 e. The van der Waals surface area contributed by atoms with Gasteiger partial charge in [0.2, 0.25) is 5.89 Å². The number of nitrogens with zero attached hydrogens (tertiary/aromatic N) is 3. The van der Waals surface area contributed by atoms with E-state index < -0.39 is 0 Å². The van der Waals surface area contributed by atoms with Crippen molar-refractivity contribution in [1.82, 2.24) is 15.1 Å². The summed E-state index contributed by atoms with van der Waals surface area (Å²) in [4.78, 5) is 8.52. The number of hydrogen-bond acceptors (Lipinski definition) is 6. The molecule has 2 heterocycles. The third-order valence-electron chi connectivity index (χ3n) is 2.05. The van der Waals surface area contributed by atoms with E-state index in [0.717, 1.165) is 0 Å². The van der Waals surface area contributed by atoms with E-state index in [2.05, 4.69) is 20.4 Å². The van der Waals surface area contributed by atoms with Crippen LogP contribution in [-0.2, 0) is 6.54 Å². The zero-order valence-corrected chi connectivity index (χ0v) is 9.99. The summed E-state index contributed by atoms with van der Waals surface area (Å²) in [5, 5.41) is 6.74. The van der Waals surface area contributed by atoms with E-state index in [-0.39, 0.29) is 0 Å². The Morgan fingerprint density at radius 3 is 3.06 bits per heavy atom. The first-order valence-electron chi connectivity index (χ1n) is 4.94. The second-order valence-electron chi connectivity index (χ2n) is 3.35.